The molecule has 3 aromatic rings. The molecule has 0 spiro atoms. The zero-order chi connectivity index (χ0) is 17.4. The van der Waals surface area contributed by atoms with Crippen LogP contribution in [0.1, 0.15) is 21.6 Å². The minimum Gasteiger partial charge on any atom is -0.501 e. The van der Waals surface area contributed by atoms with Gasteiger partial charge in [0.15, 0.2) is 11.3 Å². The highest BCUT2D eigenvalue weighted by Crippen LogP contribution is 2.16. The van der Waals surface area contributed by atoms with Crippen molar-refractivity contribution in [2.75, 3.05) is 0 Å². The molecule has 2 N–H and O–H groups in total. The Bertz CT molecular complexity index is 1060. The van der Waals surface area contributed by atoms with E-state index in [0.717, 1.165) is 4.52 Å². The Morgan fingerprint density at radius 1 is 1.33 bits per heavy atom. The number of carbonyl (C=O) groups is 1. The maximum absolute atomic E-state index is 13.0. The van der Waals surface area contributed by atoms with Crippen LogP contribution in [0.4, 0.5) is 4.39 Å². The Kier molecular flexibility index (Phi) is 3.50. The molecule has 0 saturated heterocycles. The number of benzene rings is 1. The highest BCUT2D eigenvalue weighted by atomic mass is 19.1. The molecule has 0 unspecified atom stereocenters. The fourth-order valence-corrected chi connectivity index (χ4v) is 2.30. The summed E-state index contributed by atoms with van der Waals surface area (Å²) in [4.78, 5) is 27.0. The van der Waals surface area contributed by atoms with Crippen LogP contribution in [-0.2, 0) is 6.54 Å². The molecular formula is C15H9FN4O4. The minimum absolute atomic E-state index is 0.0308. The molecular weight excluding hydrogens is 319 g/mol. The molecule has 3 rings (SSSR count). The van der Waals surface area contributed by atoms with Crippen LogP contribution >= 0.6 is 0 Å². The maximum Gasteiger partial charge on any atom is 0.358 e. The summed E-state index contributed by atoms with van der Waals surface area (Å²) in [7, 11) is 0. The van der Waals surface area contributed by atoms with Gasteiger partial charge < -0.3 is 10.2 Å². The second-order valence-corrected chi connectivity index (χ2v) is 4.93. The Morgan fingerprint density at radius 3 is 2.58 bits per heavy atom. The first-order valence-corrected chi connectivity index (χ1v) is 6.65. The lowest BCUT2D eigenvalue weighted by molar-refractivity contribution is 0.0686. The first kappa shape index (κ1) is 15.2. The van der Waals surface area contributed by atoms with Gasteiger partial charge in [-0.15, -0.1) is 0 Å². The van der Waals surface area contributed by atoms with Gasteiger partial charge in [-0.2, -0.15) is 9.78 Å². The molecule has 8 nitrogen and oxygen atoms in total. The summed E-state index contributed by atoms with van der Waals surface area (Å²) in [6.45, 7) is 0.0892. The molecule has 0 aliphatic heterocycles. The smallest absolute Gasteiger partial charge is 0.358 e. The molecule has 1 aromatic carbocycles. The molecule has 0 bridgehead atoms. The molecule has 0 aliphatic rings. The second kappa shape index (κ2) is 5.51. The fraction of sp³-hybridized carbons (Fsp3) is 0.0667. The van der Waals surface area contributed by atoms with Crippen molar-refractivity contribution < 1.29 is 19.4 Å². The van der Waals surface area contributed by atoms with Gasteiger partial charge in [0.25, 0.3) is 0 Å². The Balaban J connectivity index is 2.24. The lowest BCUT2D eigenvalue weighted by Gasteiger charge is -2.07. The van der Waals surface area contributed by atoms with Crippen LogP contribution in [0.5, 0.6) is 5.75 Å². The maximum atomic E-state index is 13.0. The highest BCUT2D eigenvalue weighted by molar-refractivity contribution is 5.89. The molecule has 0 atom stereocenters. The quantitative estimate of drug-likeness (QED) is 0.739. The number of aromatic hydroxyl groups is 1. The number of carboxylic acid groups (broad SMARTS) is 1. The Labute approximate surface area is 133 Å². The predicted molar refractivity (Wildman–Crippen MR) is 78.3 cm³/mol. The number of aromatic carboxylic acids is 1. The van der Waals surface area contributed by atoms with Gasteiger partial charge in [0.1, 0.15) is 17.4 Å². The van der Waals surface area contributed by atoms with Crippen molar-refractivity contribution >= 4 is 11.6 Å². The molecule has 2 heterocycles. The van der Waals surface area contributed by atoms with E-state index in [4.69, 9.17) is 10.4 Å². The van der Waals surface area contributed by atoms with E-state index in [-0.39, 0.29) is 17.8 Å². The summed E-state index contributed by atoms with van der Waals surface area (Å²) in [5.41, 5.74) is -1.42. The van der Waals surface area contributed by atoms with Crippen molar-refractivity contribution in [2.45, 2.75) is 6.54 Å². The standard InChI is InChI=1S/C15H9FN4O4/c16-10-3-1-8(2-4-10)6-19-7-9(5-17)13-18-11(15(23)24)12(21)14(22)20(13)19/h1-4,7,21H,6H2,(H,23,24). The van der Waals surface area contributed by atoms with Crippen LogP contribution in [0, 0.1) is 17.1 Å². The van der Waals surface area contributed by atoms with Gasteiger partial charge in [-0.1, -0.05) is 12.1 Å². The first-order chi connectivity index (χ1) is 11.4. The van der Waals surface area contributed by atoms with Gasteiger partial charge in [0.05, 0.1) is 6.54 Å². The minimum atomic E-state index is -1.58. The van der Waals surface area contributed by atoms with Crippen LogP contribution < -0.4 is 5.56 Å². The fourth-order valence-electron chi connectivity index (χ4n) is 2.30. The van der Waals surface area contributed by atoms with E-state index in [9.17, 15) is 19.1 Å². The molecule has 24 heavy (non-hydrogen) atoms. The number of rotatable bonds is 3. The van der Waals surface area contributed by atoms with E-state index < -0.39 is 28.8 Å². The molecule has 2 aromatic heterocycles. The van der Waals surface area contributed by atoms with E-state index >= 15 is 0 Å². The summed E-state index contributed by atoms with van der Waals surface area (Å²) in [6, 6.07) is 7.30. The lowest BCUT2D eigenvalue weighted by Crippen LogP contribution is -2.23. The number of aromatic nitrogens is 3. The van der Waals surface area contributed by atoms with Crippen molar-refractivity contribution in [3.63, 3.8) is 0 Å². The lowest BCUT2D eigenvalue weighted by atomic mass is 10.2. The van der Waals surface area contributed by atoms with Crippen LogP contribution in [0.3, 0.4) is 0 Å². The van der Waals surface area contributed by atoms with Crippen LogP contribution in [0.15, 0.2) is 35.3 Å². The number of nitriles is 1. The van der Waals surface area contributed by atoms with E-state index in [2.05, 4.69) is 4.98 Å². The monoisotopic (exact) mass is 328 g/mol. The molecule has 0 aliphatic carbocycles. The zero-order valence-corrected chi connectivity index (χ0v) is 12.0. The van der Waals surface area contributed by atoms with E-state index in [1.165, 1.54) is 35.1 Å². The van der Waals surface area contributed by atoms with Crippen molar-refractivity contribution in [1.29, 1.82) is 5.26 Å². The molecule has 0 radical (unpaired) electrons. The topological polar surface area (TPSA) is 121 Å². The first-order valence-electron chi connectivity index (χ1n) is 6.65. The normalized spacial score (nSPS) is 10.7. The zero-order valence-electron chi connectivity index (χ0n) is 12.0. The Hall–Kier alpha value is -3.67. The largest absolute Gasteiger partial charge is 0.501 e. The third-order valence-electron chi connectivity index (χ3n) is 3.39. The Morgan fingerprint density at radius 2 is 2.00 bits per heavy atom. The molecule has 0 amide bonds. The molecule has 0 fully saturated rings. The summed E-state index contributed by atoms with van der Waals surface area (Å²) in [5, 5.41) is 27.9. The van der Waals surface area contributed by atoms with Crippen LogP contribution in [0.2, 0.25) is 0 Å². The van der Waals surface area contributed by atoms with Gasteiger partial charge in [-0.05, 0) is 17.7 Å². The average Bonchev–Trinajstić information content (AvgIpc) is 2.90. The number of nitrogens with zero attached hydrogens (tertiary/aromatic N) is 4. The second-order valence-electron chi connectivity index (χ2n) is 4.93. The van der Waals surface area contributed by atoms with Crippen molar-refractivity contribution in [3.05, 3.63) is 63.5 Å². The molecule has 0 saturated carbocycles. The van der Waals surface area contributed by atoms with E-state index in [0.29, 0.717) is 5.56 Å². The van der Waals surface area contributed by atoms with Gasteiger partial charge in [-0.25, -0.2) is 14.2 Å². The van der Waals surface area contributed by atoms with Crippen LogP contribution in [-0.4, -0.2) is 30.4 Å². The summed E-state index contributed by atoms with van der Waals surface area (Å²) in [5.74, 6) is -3.03. The van der Waals surface area contributed by atoms with Gasteiger partial charge in [0.2, 0.25) is 5.75 Å². The van der Waals surface area contributed by atoms with E-state index in [1.54, 1.807) is 0 Å². The average molecular weight is 328 g/mol. The van der Waals surface area contributed by atoms with Gasteiger partial charge in [-0.3, -0.25) is 9.48 Å². The van der Waals surface area contributed by atoms with Gasteiger partial charge >= 0.3 is 11.5 Å². The number of hydrogen-bond acceptors (Lipinski definition) is 5. The molecule has 9 heteroatoms. The summed E-state index contributed by atoms with van der Waals surface area (Å²) in [6.07, 6.45) is 1.30. The van der Waals surface area contributed by atoms with E-state index in [1.807, 2.05) is 6.07 Å². The van der Waals surface area contributed by atoms with Gasteiger partial charge in [0, 0.05) is 6.20 Å². The third-order valence-corrected chi connectivity index (χ3v) is 3.39. The predicted octanol–water partition coefficient (Wildman–Crippen LogP) is 0.959. The van der Waals surface area contributed by atoms with Crippen molar-refractivity contribution in [3.8, 4) is 11.8 Å². The third kappa shape index (κ3) is 2.36. The number of carboxylic acids is 1. The highest BCUT2D eigenvalue weighted by Gasteiger charge is 2.22. The molecule has 120 valence electrons. The SMILES string of the molecule is N#Cc1cn(Cc2ccc(F)cc2)n2c(=O)c(O)c(C(=O)O)nc12. The summed E-state index contributed by atoms with van der Waals surface area (Å²) >= 11 is 0. The van der Waals surface area contributed by atoms with Crippen molar-refractivity contribution in [2.24, 2.45) is 0 Å². The van der Waals surface area contributed by atoms with Crippen LogP contribution in [0.25, 0.3) is 5.65 Å². The number of fused-ring (bicyclic) bond motifs is 1. The summed E-state index contributed by atoms with van der Waals surface area (Å²) < 4.78 is 15.2. The number of hydrogen-bond donors (Lipinski definition) is 2. The number of halogens is 1. The van der Waals surface area contributed by atoms with Crippen molar-refractivity contribution in [1.82, 2.24) is 14.2 Å².